The molecule has 6 heteroatoms. The molecule has 0 unspecified atom stereocenters. The van der Waals surface area contributed by atoms with Crippen LogP contribution in [-0.4, -0.2) is 27.3 Å². The molecule has 0 saturated carbocycles. The van der Waals surface area contributed by atoms with E-state index in [1.54, 1.807) is 0 Å². The fourth-order valence-electron chi connectivity index (χ4n) is 0. The minimum atomic E-state index is 0. The molecular formula is AgCuFePbSZn. The number of rotatable bonds is 0. The van der Waals surface area contributed by atoms with Crippen molar-refractivity contribution >= 4 is 40.8 Å². The predicted molar refractivity (Wildman–Crippen MR) is 13.3 cm³/mol. The molecule has 0 rings (SSSR count). The third-order valence-corrected chi connectivity index (χ3v) is 0. The maximum atomic E-state index is 0. The van der Waals surface area contributed by atoms with Crippen molar-refractivity contribution in [2.24, 2.45) is 0 Å². The van der Waals surface area contributed by atoms with Gasteiger partial charge in [-0.25, -0.2) is 0 Å². The summed E-state index contributed by atoms with van der Waals surface area (Å²) in [4.78, 5) is 0. The summed E-state index contributed by atoms with van der Waals surface area (Å²) in [6, 6.07) is 0. The van der Waals surface area contributed by atoms with E-state index in [2.05, 4.69) is 0 Å². The molecule has 6 heavy (non-hydrogen) atoms. The van der Waals surface area contributed by atoms with Gasteiger partial charge >= 0.3 is 0 Å². The van der Waals surface area contributed by atoms with E-state index in [1.165, 1.54) is 0 Å². The van der Waals surface area contributed by atoms with Crippen LogP contribution >= 0.6 is 13.5 Å². The van der Waals surface area contributed by atoms with E-state index >= 15 is 0 Å². The van der Waals surface area contributed by atoms with Gasteiger partial charge in [0.05, 0.1) is 0 Å². The fraction of sp³-hybridized carbons (Fsp3) is 0. The van der Waals surface area contributed by atoms with E-state index in [0.29, 0.717) is 0 Å². The Morgan fingerprint density at radius 1 is 1.00 bits per heavy atom. The SMILES string of the molecule is [Ag].[Cu].[Fe].[Pb].[S].[Zn]. The van der Waals surface area contributed by atoms with Crippen molar-refractivity contribution in [1.82, 2.24) is 0 Å². The first-order valence-electron chi connectivity index (χ1n) is 0. The average molecular weight is 532 g/mol. The largest absolute Gasteiger partial charge is 0 e. The van der Waals surface area contributed by atoms with Crippen LogP contribution in [0.1, 0.15) is 0 Å². The summed E-state index contributed by atoms with van der Waals surface area (Å²) in [5, 5.41) is 0. The Morgan fingerprint density at radius 3 is 1.00 bits per heavy atom. The Labute approximate surface area is 115 Å². The smallest absolute Gasteiger partial charge is 0 e. The van der Waals surface area contributed by atoms with Gasteiger partial charge in [0.1, 0.15) is 0 Å². The van der Waals surface area contributed by atoms with Crippen LogP contribution in [0.2, 0.25) is 0 Å². The molecule has 0 atom stereocenters. The molecule has 0 amide bonds. The zero-order chi connectivity index (χ0) is 0. The summed E-state index contributed by atoms with van der Waals surface area (Å²) in [7, 11) is 0. The summed E-state index contributed by atoms with van der Waals surface area (Å²) in [5.74, 6) is 0. The van der Waals surface area contributed by atoms with Crippen LogP contribution in [0.5, 0.6) is 0 Å². The Balaban J connectivity index is 0. The van der Waals surface area contributed by atoms with E-state index in [0.717, 1.165) is 0 Å². The van der Waals surface area contributed by atoms with E-state index in [4.69, 9.17) is 0 Å². The Bertz CT molecular complexity index is 15.5. The van der Waals surface area contributed by atoms with Crippen molar-refractivity contribution < 1.29 is 76.0 Å². The molecule has 0 aromatic heterocycles. The van der Waals surface area contributed by atoms with Crippen molar-refractivity contribution in [2.45, 2.75) is 0 Å². The topological polar surface area (TPSA) is 0 Å². The van der Waals surface area contributed by atoms with Gasteiger partial charge < -0.3 is 0 Å². The standard InChI is InChI=1S/Ag.Cu.Fe.Pb.S.Zn. The van der Waals surface area contributed by atoms with E-state index in [1.807, 2.05) is 0 Å². The molecule has 0 heterocycles. The van der Waals surface area contributed by atoms with Crippen molar-refractivity contribution in [1.29, 1.82) is 0 Å². The predicted octanol–water partition coefficient (Wildman–Crippen LogP) is 0.257. The summed E-state index contributed by atoms with van der Waals surface area (Å²) in [6.07, 6.45) is 0. The van der Waals surface area contributed by atoms with Gasteiger partial charge in [-0.05, 0) is 0 Å². The molecule has 0 aliphatic rings. The average Bonchev–Trinajstić information content (AvgIpc) is 0. The van der Waals surface area contributed by atoms with Crippen molar-refractivity contribution in [3.8, 4) is 0 Å². The quantitative estimate of drug-likeness (QED) is 0.394. The maximum Gasteiger partial charge on any atom is 0 e. The van der Waals surface area contributed by atoms with Crippen LogP contribution in [0.3, 0.4) is 0 Å². The molecule has 0 nitrogen and oxygen atoms in total. The second kappa shape index (κ2) is 37.8. The first kappa shape index (κ1) is 53.9. The molecule has 0 aromatic carbocycles. The molecule has 0 fully saturated rings. The molecule has 0 spiro atoms. The maximum absolute atomic E-state index is 0. The molecule has 0 aliphatic carbocycles. The van der Waals surface area contributed by atoms with Crippen LogP contribution in [0, 0.1) is 0 Å². The third-order valence-electron chi connectivity index (χ3n) is 0. The van der Waals surface area contributed by atoms with Gasteiger partial charge in [-0.1, -0.05) is 0 Å². The van der Waals surface area contributed by atoms with Gasteiger partial charge in [-0.3, -0.25) is 0 Å². The van der Waals surface area contributed by atoms with E-state index in [9.17, 15) is 0 Å². The molecular weight excluding hydrogens is 532 g/mol. The van der Waals surface area contributed by atoms with E-state index < -0.39 is 0 Å². The van der Waals surface area contributed by atoms with E-state index in [-0.39, 0.29) is 117 Å². The van der Waals surface area contributed by atoms with Gasteiger partial charge in [0.25, 0.3) is 0 Å². The number of hydrogen-bond donors (Lipinski definition) is 0. The monoisotopic (exact) mass is 530 g/mol. The van der Waals surface area contributed by atoms with Gasteiger partial charge in [0, 0.05) is 117 Å². The van der Waals surface area contributed by atoms with Crippen LogP contribution in [-0.2, 0) is 76.0 Å². The van der Waals surface area contributed by atoms with Crippen molar-refractivity contribution in [2.75, 3.05) is 0 Å². The molecule has 0 aliphatic heterocycles. The second-order valence-electron chi connectivity index (χ2n) is 0. The zero-order valence-corrected chi connectivity index (χ0v) is 13.8. The van der Waals surface area contributed by atoms with Crippen LogP contribution in [0.15, 0.2) is 0 Å². The van der Waals surface area contributed by atoms with Crippen LogP contribution in [0.25, 0.3) is 0 Å². The molecule has 0 saturated heterocycles. The second-order valence-corrected chi connectivity index (χ2v) is 0. The summed E-state index contributed by atoms with van der Waals surface area (Å²) in [6.45, 7) is 0. The Kier molecular flexibility index (Phi) is 340. The zero-order valence-electron chi connectivity index (χ0n) is 2.57. The van der Waals surface area contributed by atoms with Gasteiger partial charge in [0.2, 0.25) is 0 Å². The van der Waals surface area contributed by atoms with Gasteiger partial charge in [0.15, 0.2) is 0 Å². The minimum absolute atomic E-state index is 0. The van der Waals surface area contributed by atoms with Crippen molar-refractivity contribution in [3.63, 3.8) is 0 Å². The Morgan fingerprint density at radius 2 is 1.00 bits per heavy atom. The van der Waals surface area contributed by atoms with Gasteiger partial charge in [-0.2, -0.15) is 0 Å². The fourth-order valence-corrected chi connectivity index (χ4v) is 0. The normalized spacial score (nSPS) is 0. The first-order chi connectivity index (χ1) is 0. The van der Waals surface area contributed by atoms with Gasteiger partial charge in [-0.15, -0.1) is 0 Å². The molecule has 42 valence electrons. The molecule has 0 N–H and O–H groups in total. The third kappa shape index (κ3) is 25.3. The molecule has 8 radical (unpaired) electrons. The Hall–Kier alpha value is 3.67. The molecule has 0 aromatic rings. The number of hydrogen-bond acceptors (Lipinski definition) is 0. The minimum Gasteiger partial charge on any atom is 0 e. The van der Waals surface area contributed by atoms with Crippen LogP contribution in [0.4, 0.5) is 0 Å². The van der Waals surface area contributed by atoms with Crippen LogP contribution < -0.4 is 0 Å². The summed E-state index contributed by atoms with van der Waals surface area (Å²) >= 11 is 0. The first-order valence-corrected chi connectivity index (χ1v) is 0. The summed E-state index contributed by atoms with van der Waals surface area (Å²) < 4.78 is 0. The molecule has 0 bridgehead atoms. The van der Waals surface area contributed by atoms with Crippen molar-refractivity contribution in [3.05, 3.63) is 0 Å². The summed E-state index contributed by atoms with van der Waals surface area (Å²) in [5.41, 5.74) is 0.